The number of anilines is 3. The number of para-hydroxylation sites is 4. The normalized spacial score (nSPS) is 13.5. The Hall–Kier alpha value is -6.32. The molecule has 0 N–H and O–H groups in total. The van der Waals surface area contributed by atoms with Crippen LogP contribution in [0.4, 0.5) is 17.1 Å². The summed E-state index contributed by atoms with van der Waals surface area (Å²) in [4.78, 5) is 12.8. The summed E-state index contributed by atoms with van der Waals surface area (Å²) in [5.74, 6) is 0.730. The molecule has 10 rings (SSSR count). The molecule has 0 saturated heterocycles. The molecule has 0 saturated carbocycles. The third-order valence-corrected chi connectivity index (χ3v) is 10.1. The van der Waals surface area contributed by atoms with Crippen LogP contribution in [0, 0.1) is 0 Å². The van der Waals surface area contributed by atoms with Gasteiger partial charge in [-0.15, -0.1) is 0 Å². The molecule has 0 bridgehead atoms. The number of fused-ring (bicyclic) bond motifs is 10. The van der Waals surface area contributed by atoms with E-state index < -0.39 is 5.41 Å². The van der Waals surface area contributed by atoms with Crippen LogP contribution in [0.3, 0.4) is 0 Å². The highest BCUT2D eigenvalue weighted by Crippen LogP contribution is 2.63. The fourth-order valence-electron chi connectivity index (χ4n) is 8.13. The lowest BCUT2D eigenvalue weighted by atomic mass is 9.64. The van der Waals surface area contributed by atoms with E-state index >= 15 is 0 Å². The molecule has 2 aliphatic rings. The molecule has 1 aliphatic heterocycles. The summed E-state index contributed by atoms with van der Waals surface area (Å²) < 4.78 is 0. The van der Waals surface area contributed by atoms with Gasteiger partial charge in [0.25, 0.3) is 0 Å². The Bertz CT molecular complexity index is 2470. The van der Waals surface area contributed by atoms with Gasteiger partial charge in [-0.2, -0.15) is 0 Å². The van der Waals surface area contributed by atoms with Crippen molar-refractivity contribution < 1.29 is 0 Å². The van der Waals surface area contributed by atoms with E-state index in [0.717, 1.165) is 39.2 Å². The molecule has 1 spiro atoms. The topological polar surface area (TPSA) is 29.0 Å². The molecular formula is C45H29N3. The van der Waals surface area contributed by atoms with E-state index in [4.69, 9.17) is 9.97 Å². The Morgan fingerprint density at radius 3 is 1.75 bits per heavy atom. The molecule has 0 radical (unpaired) electrons. The van der Waals surface area contributed by atoms with Crippen LogP contribution in [0.15, 0.2) is 176 Å². The molecule has 1 aromatic heterocycles. The Morgan fingerprint density at radius 2 is 1.00 bits per heavy atom. The molecule has 8 aromatic rings. The van der Waals surface area contributed by atoms with Crippen molar-refractivity contribution in [3.05, 3.63) is 198 Å². The highest BCUT2D eigenvalue weighted by Gasteiger charge is 2.51. The predicted molar refractivity (Wildman–Crippen MR) is 196 cm³/mol. The van der Waals surface area contributed by atoms with Crippen LogP contribution >= 0.6 is 0 Å². The van der Waals surface area contributed by atoms with Crippen LogP contribution in [0.1, 0.15) is 22.3 Å². The summed E-state index contributed by atoms with van der Waals surface area (Å²) in [6, 6.07) is 63.1. The number of hydrogen-bond acceptors (Lipinski definition) is 3. The molecule has 48 heavy (non-hydrogen) atoms. The minimum absolute atomic E-state index is 0.484. The Labute approximate surface area is 279 Å². The number of hydrogen-bond donors (Lipinski definition) is 0. The van der Waals surface area contributed by atoms with Gasteiger partial charge in [-0.1, -0.05) is 140 Å². The van der Waals surface area contributed by atoms with Gasteiger partial charge in [0.2, 0.25) is 0 Å². The van der Waals surface area contributed by atoms with E-state index in [1.807, 2.05) is 12.1 Å². The van der Waals surface area contributed by atoms with Crippen LogP contribution in [0.25, 0.3) is 44.7 Å². The molecule has 0 fully saturated rings. The molecule has 0 amide bonds. The van der Waals surface area contributed by atoms with Crippen LogP contribution in [0.2, 0.25) is 0 Å². The second kappa shape index (κ2) is 10.3. The van der Waals surface area contributed by atoms with Crippen LogP contribution in [-0.4, -0.2) is 9.97 Å². The molecule has 3 heteroatoms. The van der Waals surface area contributed by atoms with Crippen molar-refractivity contribution in [1.29, 1.82) is 0 Å². The summed E-state index contributed by atoms with van der Waals surface area (Å²) >= 11 is 0. The van der Waals surface area contributed by atoms with Gasteiger partial charge in [0.15, 0.2) is 5.82 Å². The van der Waals surface area contributed by atoms with E-state index in [0.29, 0.717) is 0 Å². The molecule has 7 aromatic carbocycles. The summed E-state index contributed by atoms with van der Waals surface area (Å²) in [6.07, 6.45) is 0. The zero-order valence-electron chi connectivity index (χ0n) is 26.1. The van der Waals surface area contributed by atoms with Crippen molar-refractivity contribution in [1.82, 2.24) is 9.97 Å². The maximum Gasteiger partial charge on any atom is 0.160 e. The quantitative estimate of drug-likeness (QED) is 0.199. The van der Waals surface area contributed by atoms with Crippen molar-refractivity contribution in [2.24, 2.45) is 0 Å². The van der Waals surface area contributed by atoms with E-state index in [1.54, 1.807) is 0 Å². The third-order valence-electron chi connectivity index (χ3n) is 10.1. The standard InChI is InChI=1S/C45H29N3/c1-3-15-30(16-4-1)43-34-20-8-12-24-40(34)46-44(47-43)31-27-28-37-35(29-31)33-19-7-9-21-36(33)45(37)38-22-10-13-25-41(38)48(32-17-5-2-6-18-32)42-26-14-11-23-39(42)45/h1-29H. The van der Waals surface area contributed by atoms with Crippen molar-refractivity contribution in [2.45, 2.75) is 5.41 Å². The Balaban J connectivity index is 1.24. The first kappa shape index (κ1) is 26.9. The summed E-state index contributed by atoms with van der Waals surface area (Å²) in [5, 5.41) is 1.05. The van der Waals surface area contributed by atoms with Gasteiger partial charge in [-0.05, 0) is 69.8 Å². The van der Waals surface area contributed by atoms with Gasteiger partial charge in [0, 0.05) is 22.2 Å². The molecular weight excluding hydrogens is 583 g/mol. The second-order valence-electron chi connectivity index (χ2n) is 12.5. The fraction of sp³-hybridized carbons (Fsp3) is 0.0222. The largest absolute Gasteiger partial charge is 0.310 e. The summed E-state index contributed by atoms with van der Waals surface area (Å²) in [7, 11) is 0. The molecule has 0 unspecified atom stereocenters. The zero-order chi connectivity index (χ0) is 31.7. The monoisotopic (exact) mass is 611 g/mol. The molecule has 1 aliphatic carbocycles. The minimum atomic E-state index is -0.484. The van der Waals surface area contributed by atoms with Gasteiger partial charge in [-0.3, -0.25) is 0 Å². The Morgan fingerprint density at radius 1 is 0.417 bits per heavy atom. The molecule has 2 heterocycles. The average molecular weight is 612 g/mol. The van der Waals surface area contributed by atoms with Gasteiger partial charge in [0.1, 0.15) is 0 Å². The van der Waals surface area contributed by atoms with Crippen LogP contribution < -0.4 is 4.90 Å². The van der Waals surface area contributed by atoms with E-state index in [9.17, 15) is 0 Å². The van der Waals surface area contributed by atoms with Gasteiger partial charge >= 0.3 is 0 Å². The van der Waals surface area contributed by atoms with Crippen molar-refractivity contribution in [3.63, 3.8) is 0 Å². The number of aromatic nitrogens is 2. The van der Waals surface area contributed by atoms with Crippen molar-refractivity contribution in [2.75, 3.05) is 4.90 Å². The Kier molecular flexibility index (Phi) is 5.79. The van der Waals surface area contributed by atoms with Crippen molar-refractivity contribution in [3.8, 4) is 33.8 Å². The van der Waals surface area contributed by atoms with Gasteiger partial charge < -0.3 is 4.90 Å². The summed E-state index contributed by atoms with van der Waals surface area (Å²) in [5.41, 5.74) is 14.6. The molecule has 224 valence electrons. The summed E-state index contributed by atoms with van der Waals surface area (Å²) in [6.45, 7) is 0. The minimum Gasteiger partial charge on any atom is -0.310 e. The lowest BCUT2D eigenvalue weighted by Gasteiger charge is -2.45. The van der Waals surface area contributed by atoms with Crippen molar-refractivity contribution >= 4 is 28.0 Å². The zero-order valence-corrected chi connectivity index (χ0v) is 26.1. The average Bonchev–Trinajstić information content (AvgIpc) is 3.45. The van der Waals surface area contributed by atoms with E-state index in [2.05, 4.69) is 169 Å². The first-order valence-corrected chi connectivity index (χ1v) is 16.4. The third kappa shape index (κ3) is 3.70. The number of nitrogens with zero attached hydrogens (tertiary/aromatic N) is 3. The van der Waals surface area contributed by atoms with Gasteiger partial charge in [-0.25, -0.2) is 9.97 Å². The number of rotatable bonds is 3. The highest BCUT2D eigenvalue weighted by molar-refractivity contribution is 5.97. The SMILES string of the molecule is c1ccc(-c2nc(-c3ccc4c(c3)-c3ccccc3C43c4ccccc4N(c4ccccc4)c4ccccc43)nc3ccccc23)cc1. The fourth-order valence-corrected chi connectivity index (χ4v) is 8.13. The van der Waals surface area contributed by atoms with Gasteiger partial charge in [0.05, 0.1) is 28.0 Å². The lowest BCUT2D eigenvalue weighted by molar-refractivity contribution is 0.752. The number of benzene rings is 7. The predicted octanol–water partition coefficient (Wildman–Crippen LogP) is 11.1. The van der Waals surface area contributed by atoms with E-state index in [-0.39, 0.29) is 0 Å². The highest BCUT2D eigenvalue weighted by atomic mass is 15.2. The lowest BCUT2D eigenvalue weighted by Crippen LogP contribution is -2.36. The maximum absolute atomic E-state index is 5.22. The van der Waals surface area contributed by atoms with Crippen LogP contribution in [-0.2, 0) is 5.41 Å². The second-order valence-corrected chi connectivity index (χ2v) is 12.5. The first-order chi connectivity index (χ1) is 23.8. The van der Waals surface area contributed by atoms with Crippen LogP contribution in [0.5, 0.6) is 0 Å². The maximum atomic E-state index is 5.22. The first-order valence-electron chi connectivity index (χ1n) is 16.4. The molecule has 0 atom stereocenters. The smallest absolute Gasteiger partial charge is 0.160 e. The van der Waals surface area contributed by atoms with E-state index in [1.165, 1.54) is 44.8 Å². The molecule has 3 nitrogen and oxygen atoms in total.